The first-order valence-electron chi connectivity index (χ1n) is 8.21. The predicted octanol–water partition coefficient (Wildman–Crippen LogP) is 2.64. The first kappa shape index (κ1) is 15.8. The Bertz CT molecular complexity index is 605. The van der Waals surface area contributed by atoms with Gasteiger partial charge in [0.15, 0.2) is 6.61 Å². The Hall–Kier alpha value is -2.04. The zero-order valence-electron chi connectivity index (χ0n) is 13.7. The third-order valence-electron chi connectivity index (χ3n) is 5.06. The molecule has 3 rings (SSSR count). The van der Waals surface area contributed by atoms with E-state index in [4.69, 9.17) is 9.84 Å². The summed E-state index contributed by atoms with van der Waals surface area (Å²) in [5.41, 5.74) is 2.27. The van der Waals surface area contributed by atoms with Gasteiger partial charge in [-0.1, -0.05) is 6.42 Å². The molecular formula is C18H23NO4. The Morgan fingerprint density at radius 3 is 2.26 bits per heavy atom. The number of carboxylic acids is 1. The minimum Gasteiger partial charge on any atom is -0.481 e. The van der Waals surface area contributed by atoms with Crippen LogP contribution in [0.3, 0.4) is 0 Å². The van der Waals surface area contributed by atoms with E-state index in [-0.39, 0.29) is 12.5 Å². The number of rotatable bonds is 4. The van der Waals surface area contributed by atoms with Gasteiger partial charge in [0.25, 0.3) is 5.91 Å². The van der Waals surface area contributed by atoms with Crippen LogP contribution in [0, 0.1) is 25.7 Å². The van der Waals surface area contributed by atoms with Crippen molar-refractivity contribution in [2.45, 2.75) is 33.1 Å². The van der Waals surface area contributed by atoms with Crippen molar-refractivity contribution in [1.29, 1.82) is 0 Å². The summed E-state index contributed by atoms with van der Waals surface area (Å²) in [7, 11) is 0. The average Bonchev–Trinajstić information content (AvgIpc) is 3.06. The summed E-state index contributed by atoms with van der Waals surface area (Å²) in [4.78, 5) is 25.4. The normalized spacial score (nSPS) is 23.0. The Morgan fingerprint density at radius 2 is 1.74 bits per heavy atom. The van der Waals surface area contributed by atoms with Crippen LogP contribution in [-0.4, -0.2) is 41.6 Å². The van der Waals surface area contributed by atoms with Crippen molar-refractivity contribution >= 4 is 11.9 Å². The lowest BCUT2D eigenvalue weighted by Gasteiger charge is -2.19. The number of amides is 1. The lowest BCUT2D eigenvalue weighted by Crippen LogP contribution is -2.29. The van der Waals surface area contributed by atoms with Crippen LogP contribution in [0.4, 0.5) is 0 Å². The van der Waals surface area contributed by atoms with Gasteiger partial charge in [-0.25, -0.2) is 4.79 Å². The number of carboxylic acid groups (broad SMARTS) is 1. The number of carbonyl (C=O) groups excluding carboxylic acids is 1. The van der Waals surface area contributed by atoms with Crippen molar-refractivity contribution in [2.24, 2.45) is 11.8 Å². The van der Waals surface area contributed by atoms with Gasteiger partial charge in [0.05, 0.1) is 0 Å². The fourth-order valence-corrected chi connectivity index (χ4v) is 4.02. The highest BCUT2D eigenvalue weighted by molar-refractivity contribution is 5.95. The van der Waals surface area contributed by atoms with Crippen LogP contribution >= 0.6 is 0 Å². The van der Waals surface area contributed by atoms with E-state index in [1.807, 2.05) is 18.7 Å². The van der Waals surface area contributed by atoms with Crippen molar-refractivity contribution in [3.63, 3.8) is 0 Å². The van der Waals surface area contributed by atoms with Crippen LogP contribution in [0.1, 0.15) is 40.7 Å². The molecule has 2 fully saturated rings. The van der Waals surface area contributed by atoms with E-state index in [0.717, 1.165) is 24.2 Å². The molecule has 124 valence electrons. The van der Waals surface area contributed by atoms with Crippen LogP contribution in [0.25, 0.3) is 0 Å². The van der Waals surface area contributed by atoms with Gasteiger partial charge in [-0.05, 0) is 61.8 Å². The molecule has 5 heteroatoms. The minimum absolute atomic E-state index is 0.0791. The number of likely N-dealkylation sites (tertiary alicyclic amines) is 1. The molecule has 2 atom stereocenters. The van der Waals surface area contributed by atoms with Crippen molar-refractivity contribution in [1.82, 2.24) is 4.90 Å². The number of aliphatic carboxylic acids is 1. The number of carbonyl (C=O) groups is 2. The number of hydrogen-bond donors (Lipinski definition) is 1. The van der Waals surface area contributed by atoms with Crippen molar-refractivity contribution in [2.75, 3.05) is 19.7 Å². The number of fused-ring (bicyclic) bond motifs is 1. The van der Waals surface area contributed by atoms with Crippen LogP contribution in [-0.2, 0) is 4.79 Å². The van der Waals surface area contributed by atoms with Gasteiger partial charge in [-0.3, -0.25) is 4.79 Å². The van der Waals surface area contributed by atoms with Gasteiger partial charge in [-0.2, -0.15) is 0 Å². The Morgan fingerprint density at radius 1 is 1.17 bits per heavy atom. The SMILES string of the molecule is Cc1cc(C(=O)N2C[C@@H]3CCC[C@H]3C2)cc(C)c1OCC(=O)O. The Balaban J connectivity index is 1.75. The first-order valence-corrected chi connectivity index (χ1v) is 8.21. The molecule has 0 unspecified atom stereocenters. The summed E-state index contributed by atoms with van der Waals surface area (Å²) in [5.74, 6) is 0.990. The molecule has 1 aromatic rings. The van der Waals surface area contributed by atoms with Crippen LogP contribution in [0.5, 0.6) is 5.75 Å². The summed E-state index contributed by atoms with van der Waals surface area (Å²) in [6.07, 6.45) is 3.79. The monoisotopic (exact) mass is 317 g/mol. The zero-order chi connectivity index (χ0) is 16.6. The van der Waals surface area contributed by atoms with Crippen molar-refractivity contribution < 1.29 is 19.4 Å². The Kier molecular flexibility index (Phi) is 4.28. The lowest BCUT2D eigenvalue weighted by atomic mass is 10.0. The third kappa shape index (κ3) is 3.19. The largest absolute Gasteiger partial charge is 0.481 e. The molecule has 0 spiro atoms. The average molecular weight is 317 g/mol. The molecule has 1 saturated heterocycles. The van der Waals surface area contributed by atoms with Crippen LogP contribution < -0.4 is 4.74 Å². The van der Waals surface area contributed by atoms with Crippen LogP contribution in [0.2, 0.25) is 0 Å². The van der Waals surface area contributed by atoms with E-state index in [1.54, 1.807) is 12.1 Å². The minimum atomic E-state index is -1.01. The maximum absolute atomic E-state index is 12.8. The predicted molar refractivity (Wildman–Crippen MR) is 85.8 cm³/mol. The molecule has 1 N–H and O–H groups in total. The highest BCUT2D eigenvalue weighted by Crippen LogP contribution is 2.38. The number of ether oxygens (including phenoxy) is 1. The van der Waals surface area contributed by atoms with Crippen molar-refractivity contribution in [3.8, 4) is 5.75 Å². The molecule has 1 aromatic carbocycles. The van der Waals surface area contributed by atoms with Crippen LogP contribution in [0.15, 0.2) is 12.1 Å². The van der Waals surface area contributed by atoms with Gasteiger partial charge < -0.3 is 14.7 Å². The second-order valence-corrected chi connectivity index (χ2v) is 6.78. The third-order valence-corrected chi connectivity index (χ3v) is 5.06. The van der Waals surface area contributed by atoms with Gasteiger partial charge >= 0.3 is 5.97 Å². The molecule has 5 nitrogen and oxygen atoms in total. The zero-order valence-corrected chi connectivity index (χ0v) is 13.7. The van der Waals surface area contributed by atoms with Gasteiger partial charge in [0.2, 0.25) is 0 Å². The van der Waals surface area contributed by atoms with E-state index in [1.165, 1.54) is 19.3 Å². The fraction of sp³-hybridized carbons (Fsp3) is 0.556. The number of nitrogens with zero attached hydrogens (tertiary/aromatic N) is 1. The van der Waals surface area contributed by atoms with Gasteiger partial charge in [-0.15, -0.1) is 0 Å². The molecule has 1 amide bonds. The number of aryl methyl sites for hydroxylation is 2. The molecule has 1 saturated carbocycles. The van der Waals surface area contributed by atoms with Gasteiger partial charge in [0.1, 0.15) is 5.75 Å². The number of hydrogen-bond acceptors (Lipinski definition) is 3. The molecule has 0 radical (unpaired) electrons. The van der Waals surface area contributed by atoms with E-state index >= 15 is 0 Å². The van der Waals surface area contributed by atoms with Crippen molar-refractivity contribution in [3.05, 3.63) is 28.8 Å². The molecular weight excluding hydrogens is 294 g/mol. The molecule has 1 heterocycles. The molecule has 0 bridgehead atoms. The molecule has 2 aliphatic rings. The summed E-state index contributed by atoms with van der Waals surface area (Å²) in [6.45, 7) is 5.07. The fourth-order valence-electron chi connectivity index (χ4n) is 4.02. The quantitative estimate of drug-likeness (QED) is 0.927. The smallest absolute Gasteiger partial charge is 0.341 e. The summed E-state index contributed by atoms with van der Waals surface area (Å²) in [6, 6.07) is 3.61. The second-order valence-electron chi connectivity index (χ2n) is 6.78. The summed E-state index contributed by atoms with van der Waals surface area (Å²) < 4.78 is 5.33. The Labute approximate surface area is 136 Å². The molecule has 0 aromatic heterocycles. The van der Waals surface area contributed by atoms with E-state index in [0.29, 0.717) is 23.1 Å². The second kappa shape index (κ2) is 6.22. The number of benzene rings is 1. The lowest BCUT2D eigenvalue weighted by molar-refractivity contribution is -0.139. The molecule has 23 heavy (non-hydrogen) atoms. The highest BCUT2D eigenvalue weighted by atomic mass is 16.5. The topological polar surface area (TPSA) is 66.8 Å². The maximum atomic E-state index is 12.8. The highest BCUT2D eigenvalue weighted by Gasteiger charge is 2.38. The standard InChI is InChI=1S/C18H23NO4/c1-11-6-15(7-12(2)17(11)23-10-16(20)21)18(22)19-8-13-4-3-5-14(13)9-19/h6-7,13-14H,3-5,8-10H2,1-2H3,(H,20,21)/t13-,14-/m0/s1. The molecule has 1 aliphatic carbocycles. The van der Waals surface area contributed by atoms with E-state index in [9.17, 15) is 9.59 Å². The van der Waals surface area contributed by atoms with E-state index in [2.05, 4.69) is 0 Å². The van der Waals surface area contributed by atoms with E-state index < -0.39 is 5.97 Å². The summed E-state index contributed by atoms with van der Waals surface area (Å²) in [5, 5.41) is 8.74. The maximum Gasteiger partial charge on any atom is 0.341 e. The molecule has 1 aliphatic heterocycles. The van der Waals surface area contributed by atoms with Gasteiger partial charge in [0, 0.05) is 18.7 Å². The summed E-state index contributed by atoms with van der Waals surface area (Å²) >= 11 is 0. The first-order chi connectivity index (χ1) is 11.0.